The number of primary amides is 1. The lowest BCUT2D eigenvalue weighted by molar-refractivity contribution is -0.147. The van der Waals surface area contributed by atoms with Gasteiger partial charge >= 0.3 is 0 Å². The van der Waals surface area contributed by atoms with Gasteiger partial charge in [0.1, 0.15) is 28.6 Å². The third-order valence-electron chi connectivity index (χ3n) is 8.15. The SMILES string of the molecule is COc1ccc(C#Cc2cc(C(C)C)c3c(c2O)C(O)=C2C(=O)[C@]4(O)C(O)=C(C(N)=O)C(=O)C[C@@H]4C[C@@H]2C3)cc1. The minimum atomic E-state index is -2.60. The zero-order valence-electron chi connectivity index (χ0n) is 22.2. The number of phenolic OH excluding ortho intramolecular Hbond substituents is 1. The molecule has 0 radical (unpaired) electrons. The number of aliphatic hydroxyl groups excluding tert-OH is 2. The van der Waals surface area contributed by atoms with E-state index < -0.39 is 52.0 Å². The summed E-state index contributed by atoms with van der Waals surface area (Å²) in [6, 6.07) is 8.81. The number of aliphatic hydroxyl groups is 3. The van der Waals surface area contributed by atoms with Gasteiger partial charge in [-0.15, -0.1) is 0 Å². The number of methoxy groups -OCH3 is 1. The first-order valence-corrected chi connectivity index (χ1v) is 12.9. The number of aromatic hydroxyl groups is 1. The monoisotopic (exact) mass is 543 g/mol. The van der Waals surface area contributed by atoms with E-state index in [1.807, 2.05) is 13.8 Å². The van der Waals surface area contributed by atoms with Crippen LogP contribution in [0.3, 0.4) is 0 Å². The van der Waals surface area contributed by atoms with E-state index in [0.717, 1.165) is 5.56 Å². The topological polar surface area (TPSA) is 167 Å². The van der Waals surface area contributed by atoms with Crippen molar-refractivity contribution in [1.29, 1.82) is 0 Å². The summed E-state index contributed by atoms with van der Waals surface area (Å²) < 4.78 is 5.16. The molecular weight excluding hydrogens is 514 g/mol. The molecule has 1 amide bonds. The number of benzene rings is 2. The second-order valence-corrected chi connectivity index (χ2v) is 10.8. The molecule has 2 aromatic carbocycles. The summed E-state index contributed by atoms with van der Waals surface area (Å²) in [4.78, 5) is 38.1. The number of carbonyl (C=O) groups excluding carboxylic acids is 3. The van der Waals surface area contributed by atoms with Crippen molar-refractivity contribution in [3.8, 4) is 23.3 Å². The van der Waals surface area contributed by atoms with Gasteiger partial charge < -0.3 is 30.9 Å². The van der Waals surface area contributed by atoms with E-state index in [4.69, 9.17) is 10.5 Å². The van der Waals surface area contributed by atoms with Gasteiger partial charge in [-0.1, -0.05) is 25.7 Å². The lowest BCUT2D eigenvalue weighted by Crippen LogP contribution is -2.58. The van der Waals surface area contributed by atoms with Gasteiger partial charge in [0.25, 0.3) is 5.91 Å². The average molecular weight is 544 g/mol. The first-order valence-electron chi connectivity index (χ1n) is 12.9. The molecule has 0 heterocycles. The van der Waals surface area contributed by atoms with Crippen LogP contribution in [0, 0.1) is 23.7 Å². The van der Waals surface area contributed by atoms with Crippen LogP contribution in [-0.4, -0.2) is 50.6 Å². The highest BCUT2D eigenvalue weighted by Crippen LogP contribution is 2.53. The van der Waals surface area contributed by atoms with Gasteiger partial charge in [0.15, 0.2) is 11.4 Å². The summed E-state index contributed by atoms with van der Waals surface area (Å²) in [5.74, 6) is 0.0189. The second kappa shape index (κ2) is 9.57. The predicted octanol–water partition coefficient (Wildman–Crippen LogP) is 2.96. The van der Waals surface area contributed by atoms with Gasteiger partial charge in [-0.3, -0.25) is 14.4 Å². The van der Waals surface area contributed by atoms with E-state index in [2.05, 4.69) is 11.8 Å². The summed E-state index contributed by atoms with van der Waals surface area (Å²) in [5.41, 5.74) is 4.07. The second-order valence-electron chi connectivity index (χ2n) is 10.8. The Balaban J connectivity index is 1.67. The molecule has 0 spiro atoms. The molecule has 0 unspecified atom stereocenters. The third kappa shape index (κ3) is 3.95. The van der Waals surface area contributed by atoms with E-state index >= 15 is 0 Å². The molecule has 40 heavy (non-hydrogen) atoms. The molecule has 3 aliphatic rings. The van der Waals surface area contributed by atoms with Crippen molar-refractivity contribution >= 4 is 23.2 Å². The summed E-state index contributed by atoms with van der Waals surface area (Å²) in [6.07, 6.45) is -0.0218. The third-order valence-corrected chi connectivity index (χ3v) is 8.15. The Hall–Kier alpha value is -4.55. The molecule has 0 bridgehead atoms. The first-order chi connectivity index (χ1) is 18.9. The van der Waals surface area contributed by atoms with Crippen LogP contribution in [0.25, 0.3) is 5.76 Å². The van der Waals surface area contributed by atoms with Crippen molar-refractivity contribution in [2.75, 3.05) is 7.11 Å². The quantitative estimate of drug-likeness (QED) is 0.291. The number of hydrogen-bond acceptors (Lipinski definition) is 8. The highest BCUT2D eigenvalue weighted by molar-refractivity contribution is 6.22. The molecule has 2 aromatic rings. The Bertz CT molecular complexity index is 1600. The van der Waals surface area contributed by atoms with Gasteiger partial charge in [-0.25, -0.2) is 0 Å². The summed E-state index contributed by atoms with van der Waals surface area (Å²) in [6.45, 7) is 3.92. The number of ether oxygens (including phenoxy) is 1. The van der Waals surface area contributed by atoms with Crippen LogP contribution < -0.4 is 10.5 Å². The maximum absolute atomic E-state index is 13.8. The van der Waals surface area contributed by atoms with Crippen molar-refractivity contribution in [3.63, 3.8) is 0 Å². The molecule has 1 fully saturated rings. The molecule has 0 aromatic heterocycles. The van der Waals surface area contributed by atoms with Crippen LogP contribution in [0.5, 0.6) is 11.5 Å². The van der Waals surface area contributed by atoms with Crippen molar-refractivity contribution in [2.45, 2.75) is 44.6 Å². The molecule has 5 rings (SSSR count). The smallest absolute Gasteiger partial charge is 0.255 e. The van der Waals surface area contributed by atoms with Gasteiger partial charge in [-0.05, 0) is 66.1 Å². The number of hydrogen-bond donors (Lipinski definition) is 5. The first kappa shape index (κ1) is 27.0. The van der Waals surface area contributed by atoms with E-state index in [9.17, 15) is 34.8 Å². The average Bonchev–Trinajstić information content (AvgIpc) is 2.90. The van der Waals surface area contributed by atoms with Crippen LogP contribution in [0.4, 0.5) is 0 Å². The minimum absolute atomic E-state index is 0.0252. The Morgan fingerprint density at radius 2 is 1.77 bits per heavy atom. The summed E-state index contributed by atoms with van der Waals surface area (Å²) in [7, 11) is 1.56. The standard InChI is InChI=1S/C31H29NO8/c1-14(2)20-11-16(7-4-15-5-8-19(40-3)9-6-15)26(34)24-21(20)12-17-10-18-13-22(33)25(30(32)38)29(37)31(18,39)28(36)23(17)27(24)35/h5-6,8-9,11,14,17-18,34-35,37,39H,10,12-13H2,1-3H3,(H2,32,38)/t17-,18+,31+/m1/s1. The molecule has 0 saturated heterocycles. The van der Waals surface area contributed by atoms with Crippen LogP contribution in [-0.2, 0) is 20.8 Å². The number of nitrogens with two attached hydrogens (primary N) is 1. The Morgan fingerprint density at radius 3 is 2.38 bits per heavy atom. The van der Waals surface area contributed by atoms with Crippen LogP contribution in [0.1, 0.15) is 60.4 Å². The van der Waals surface area contributed by atoms with Gasteiger partial charge in [-0.2, -0.15) is 0 Å². The van der Waals surface area contributed by atoms with Crippen LogP contribution in [0.15, 0.2) is 47.2 Å². The lowest BCUT2D eigenvalue weighted by Gasteiger charge is -2.46. The fraction of sp³-hybridized carbons (Fsp3) is 0.323. The van der Waals surface area contributed by atoms with E-state index in [1.165, 1.54) is 0 Å². The molecule has 3 aliphatic carbocycles. The number of carbonyl (C=O) groups is 3. The van der Waals surface area contributed by atoms with Crippen molar-refractivity contribution in [1.82, 2.24) is 0 Å². The molecule has 9 nitrogen and oxygen atoms in total. The lowest BCUT2D eigenvalue weighted by atomic mass is 9.59. The molecule has 0 aliphatic heterocycles. The van der Waals surface area contributed by atoms with Crippen molar-refractivity contribution in [2.24, 2.45) is 17.6 Å². The minimum Gasteiger partial charge on any atom is -0.508 e. The molecule has 206 valence electrons. The van der Waals surface area contributed by atoms with Crippen molar-refractivity contribution in [3.05, 3.63) is 75.1 Å². The number of ketones is 2. The molecular formula is C31H29NO8. The summed E-state index contributed by atoms with van der Waals surface area (Å²) in [5, 5.41) is 44.9. The Kier molecular flexibility index (Phi) is 6.47. The van der Waals surface area contributed by atoms with Crippen molar-refractivity contribution < 1.29 is 39.5 Å². The largest absolute Gasteiger partial charge is 0.508 e. The fourth-order valence-corrected chi connectivity index (χ4v) is 6.14. The Morgan fingerprint density at radius 1 is 1.10 bits per heavy atom. The number of Topliss-reactive ketones (excluding diaryl/α,β-unsaturated/α-hetero) is 2. The maximum Gasteiger partial charge on any atom is 0.255 e. The van der Waals surface area contributed by atoms with E-state index in [0.29, 0.717) is 16.9 Å². The zero-order valence-corrected chi connectivity index (χ0v) is 22.2. The highest BCUT2D eigenvalue weighted by atomic mass is 16.5. The van der Waals surface area contributed by atoms with E-state index in [-0.39, 0.29) is 47.6 Å². The Labute approximate surface area is 230 Å². The van der Waals surface area contributed by atoms with Crippen LogP contribution in [0.2, 0.25) is 0 Å². The number of phenols is 1. The highest BCUT2D eigenvalue weighted by Gasteiger charge is 2.60. The van der Waals surface area contributed by atoms with Gasteiger partial charge in [0, 0.05) is 23.5 Å². The number of amides is 1. The van der Waals surface area contributed by atoms with Gasteiger partial charge in [0.05, 0.1) is 18.2 Å². The molecule has 1 saturated carbocycles. The zero-order chi connectivity index (χ0) is 29.1. The fourth-order valence-electron chi connectivity index (χ4n) is 6.14. The predicted molar refractivity (Wildman–Crippen MR) is 144 cm³/mol. The normalized spacial score (nSPS) is 23.7. The molecule has 9 heteroatoms. The number of fused-ring (bicyclic) bond motifs is 3. The summed E-state index contributed by atoms with van der Waals surface area (Å²) >= 11 is 0. The maximum atomic E-state index is 13.8. The number of rotatable bonds is 3. The molecule has 3 atom stereocenters. The van der Waals surface area contributed by atoms with Gasteiger partial charge in [0.2, 0.25) is 5.78 Å². The van der Waals surface area contributed by atoms with E-state index in [1.54, 1.807) is 37.4 Å². The van der Waals surface area contributed by atoms with Crippen LogP contribution >= 0.6 is 0 Å². The molecule has 6 N–H and O–H groups in total.